The molecule has 1 unspecified atom stereocenters. The number of aryl methyl sites for hydroxylation is 1. The first-order valence-electron chi connectivity index (χ1n) is 7.55. The average Bonchev–Trinajstić information content (AvgIpc) is 2.91. The van der Waals surface area contributed by atoms with E-state index in [0.717, 1.165) is 16.5 Å². The minimum absolute atomic E-state index is 0.145. The Hall–Kier alpha value is -2.53. The van der Waals surface area contributed by atoms with Gasteiger partial charge in [0.2, 0.25) is 5.88 Å². The largest absolute Gasteiger partial charge is 0.481 e. The van der Waals surface area contributed by atoms with Crippen LogP contribution in [0.4, 0.5) is 0 Å². The molecule has 0 aliphatic heterocycles. The van der Waals surface area contributed by atoms with Crippen molar-refractivity contribution in [2.45, 2.75) is 13.0 Å². The number of halogens is 1. The molecule has 0 saturated heterocycles. The van der Waals surface area contributed by atoms with Gasteiger partial charge in [0.1, 0.15) is 5.69 Å². The van der Waals surface area contributed by atoms with Crippen LogP contribution in [0.15, 0.2) is 42.6 Å². The molecule has 0 spiro atoms. The SMILES string of the molecule is COc1ccc(C(C)NC(=O)c2cc3ccc(Cl)cc3n2C)cn1. The van der Waals surface area contributed by atoms with Gasteiger partial charge in [-0.05, 0) is 30.7 Å². The first-order valence-corrected chi connectivity index (χ1v) is 7.93. The molecule has 6 heteroatoms. The number of pyridine rings is 1. The molecule has 0 fully saturated rings. The number of benzene rings is 1. The average molecular weight is 344 g/mol. The van der Waals surface area contributed by atoms with Gasteiger partial charge in [-0.2, -0.15) is 0 Å². The van der Waals surface area contributed by atoms with Crippen LogP contribution in [0.3, 0.4) is 0 Å². The second-order valence-electron chi connectivity index (χ2n) is 5.62. The third-order valence-electron chi connectivity index (χ3n) is 4.06. The molecule has 1 atom stereocenters. The summed E-state index contributed by atoms with van der Waals surface area (Å²) in [6.07, 6.45) is 1.70. The molecular formula is C18H18ClN3O2. The fourth-order valence-electron chi connectivity index (χ4n) is 2.64. The molecule has 5 nitrogen and oxygen atoms in total. The van der Waals surface area contributed by atoms with Gasteiger partial charge in [-0.15, -0.1) is 0 Å². The Bertz CT molecular complexity index is 887. The molecule has 1 aromatic carbocycles. The van der Waals surface area contributed by atoms with E-state index in [0.29, 0.717) is 16.6 Å². The third-order valence-corrected chi connectivity index (χ3v) is 4.29. The van der Waals surface area contributed by atoms with Crippen LogP contribution >= 0.6 is 11.6 Å². The Morgan fingerprint density at radius 2 is 2.08 bits per heavy atom. The summed E-state index contributed by atoms with van der Waals surface area (Å²) in [6.45, 7) is 1.92. The van der Waals surface area contributed by atoms with E-state index in [1.807, 2.05) is 48.9 Å². The Morgan fingerprint density at radius 1 is 1.29 bits per heavy atom. The van der Waals surface area contributed by atoms with Crippen LogP contribution in [-0.4, -0.2) is 22.6 Å². The molecule has 0 aliphatic carbocycles. The van der Waals surface area contributed by atoms with Crippen LogP contribution in [-0.2, 0) is 7.05 Å². The summed E-state index contributed by atoms with van der Waals surface area (Å²) in [5.41, 5.74) is 2.41. The molecule has 3 aromatic rings. The van der Waals surface area contributed by atoms with Gasteiger partial charge in [0, 0.05) is 35.2 Å². The van der Waals surface area contributed by atoms with E-state index >= 15 is 0 Å². The van der Waals surface area contributed by atoms with Crippen LogP contribution in [0, 0.1) is 0 Å². The standard InChI is InChI=1S/C18H18ClN3O2/c1-11(13-5-7-17(24-3)20-10-13)21-18(23)16-8-12-4-6-14(19)9-15(12)22(16)2/h4-11H,1-3H3,(H,21,23). The fraction of sp³-hybridized carbons (Fsp3) is 0.222. The molecule has 1 amide bonds. The predicted molar refractivity (Wildman–Crippen MR) is 94.6 cm³/mol. The van der Waals surface area contributed by atoms with Gasteiger partial charge < -0.3 is 14.6 Å². The number of methoxy groups -OCH3 is 1. The molecule has 0 bridgehead atoms. The number of nitrogens with zero attached hydrogens (tertiary/aromatic N) is 2. The highest BCUT2D eigenvalue weighted by Crippen LogP contribution is 2.23. The van der Waals surface area contributed by atoms with Crippen molar-refractivity contribution in [2.24, 2.45) is 7.05 Å². The van der Waals surface area contributed by atoms with Gasteiger partial charge >= 0.3 is 0 Å². The number of hydrogen-bond acceptors (Lipinski definition) is 3. The quantitative estimate of drug-likeness (QED) is 0.785. The summed E-state index contributed by atoms with van der Waals surface area (Å²) >= 11 is 6.04. The van der Waals surface area contributed by atoms with E-state index in [9.17, 15) is 4.79 Å². The Balaban J connectivity index is 1.82. The molecule has 2 aromatic heterocycles. The molecule has 1 N–H and O–H groups in total. The lowest BCUT2D eigenvalue weighted by Crippen LogP contribution is -2.28. The maximum absolute atomic E-state index is 12.6. The zero-order valence-electron chi connectivity index (χ0n) is 13.7. The zero-order chi connectivity index (χ0) is 17.3. The molecule has 124 valence electrons. The molecule has 0 radical (unpaired) electrons. The number of fused-ring (bicyclic) bond motifs is 1. The number of ether oxygens (including phenoxy) is 1. The second kappa shape index (κ2) is 6.53. The van der Waals surface area contributed by atoms with E-state index in [1.54, 1.807) is 19.4 Å². The first-order chi connectivity index (χ1) is 11.5. The summed E-state index contributed by atoms with van der Waals surface area (Å²) in [5.74, 6) is 0.399. The number of aromatic nitrogens is 2. The van der Waals surface area contributed by atoms with Crippen LogP contribution in [0.1, 0.15) is 29.0 Å². The van der Waals surface area contributed by atoms with Crippen molar-refractivity contribution in [3.8, 4) is 5.88 Å². The van der Waals surface area contributed by atoms with Crippen molar-refractivity contribution in [1.82, 2.24) is 14.9 Å². The van der Waals surface area contributed by atoms with Gasteiger partial charge in [0.05, 0.1) is 13.2 Å². The van der Waals surface area contributed by atoms with Crippen LogP contribution in [0.25, 0.3) is 10.9 Å². The smallest absolute Gasteiger partial charge is 0.268 e. The van der Waals surface area contributed by atoms with E-state index in [2.05, 4.69) is 10.3 Å². The predicted octanol–water partition coefficient (Wildman–Crippen LogP) is 3.73. The molecule has 0 saturated carbocycles. The monoisotopic (exact) mass is 343 g/mol. The zero-order valence-corrected chi connectivity index (χ0v) is 14.5. The topological polar surface area (TPSA) is 56.1 Å². The number of hydrogen-bond donors (Lipinski definition) is 1. The van der Waals surface area contributed by atoms with E-state index < -0.39 is 0 Å². The van der Waals surface area contributed by atoms with E-state index in [4.69, 9.17) is 16.3 Å². The van der Waals surface area contributed by atoms with Crippen molar-refractivity contribution >= 4 is 28.4 Å². The van der Waals surface area contributed by atoms with E-state index in [1.165, 1.54) is 0 Å². The highest BCUT2D eigenvalue weighted by atomic mass is 35.5. The summed E-state index contributed by atoms with van der Waals surface area (Å²) in [5, 5.41) is 4.62. The van der Waals surface area contributed by atoms with Crippen molar-refractivity contribution in [2.75, 3.05) is 7.11 Å². The molecule has 0 aliphatic rings. The fourth-order valence-corrected chi connectivity index (χ4v) is 2.81. The number of carbonyl (C=O) groups excluding carboxylic acids is 1. The lowest BCUT2D eigenvalue weighted by Gasteiger charge is -2.14. The number of amides is 1. The van der Waals surface area contributed by atoms with Gasteiger partial charge in [-0.3, -0.25) is 4.79 Å². The van der Waals surface area contributed by atoms with E-state index in [-0.39, 0.29) is 11.9 Å². The number of rotatable bonds is 4. The maximum atomic E-state index is 12.6. The lowest BCUT2D eigenvalue weighted by atomic mass is 10.1. The second-order valence-corrected chi connectivity index (χ2v) is 6.06. The number of nitrogens with one attached hydrogen (secondary N) is 1. The van der Waals surface area contributed by atoms with Gasteiger partial charge in [0.25, 0.3) is 5.91 Å². The summed E-state index contributed by atoms with van der Waals surface area (Å²) < 4.78 is 6.89. The van der Waals surface area contributed by atoms with Crippen molar-refractivity contribution < 1.29 is 9.53 Å². The molecule has 2 heterocycles. The van der Waals surface area contributed by atoms with Crippen molar-refractivity contribution in [3.63, 3.8) is 0 Å². The van der Waals surface area contributed by atoms with Gasteiger partial charge in [0.15, 0.2) is 0 Å². The van der Waals surface area contributed by atoms with Crippen molar-refractivity contribution in [1.29, 1.82) is 0 Å². The Morgan fingerprint density at radius 3 is 2.75 bits per heavy atom. The summed E-state index contributed by atoms with van der Waals surface area (Å²) in [7, 11) is 3.42. The van der Waals surface area contributed by atoms with Crippen LogP contribution < -0.4 is 10.1 Å². The summed E-state index contributed by atoms with van der Waals surface area (Å²) in [4.78, 5) is 16.8. The van der Waals surface area contributed by atoms with Gasteiger partial charge in [-0.1, -0.05) is 23.7 Å². The van der Waals surface area contributed by atoms with Crippen LogP contribution in [0.2, 0.25) is 5.02 Å². The molecular weight excluding hydrogens is 326 g/mol. The van der Waals surface area contributed by atoms with Crippen LogP contribution in [0.5, 0.6) is 5.88 Å². The number of carbonyl (C=O) groups is 1. The lowest BCUT2D eigenvalue weighted by molar-refractivity contribution is 0.0932. The Labute approximate surface area is 145 Å². The highest BCUT2D eigenvalue weighted by Gasteiger charge is 2.16. The molecule has 3 rings (SSSR count). The molecule has 24 heavy (non-hydrogen) atoms. The maximum Gasteiger partial charge on any atom is 0.268 e. The normalized spacial score (nSPS) is 12.2. The van der Waals surface area contributed by atoms with Gasteiger partial charge in [-0.25, -0.2) is 4.98 Å². The summed E-state index contributed by atoms with van der Waals surface area (Å²) in [6, 6.07) is 10.9. The van der Waals surface area contributed by atoms with Crippen molar-refractivity contribution in [3.05, 3.63) is 58.9 Å². The Kier molecular flexibility index (Phi) is 4.44. The first kappa shape index (κ1) is 16.3. The minimum Gasteiger partial charge on any atom is -0.481 e. The third kappa shape index (κ3) is 3.08. The minimum atomic E-state index is -0.169. The highest BCUT2D eigenvalue weighted by molar-refractivity contribution is 6.31.